The number of ether oxygens (including phenoxy) is 1. The first-order valence-corrected chi connectivity index (χ1v) is 17.6. The summed E-state index contributed by atoms with van der Waals surface area (Å²) in [5.41, 5.74) is 4.61. The topological polar surface area (TPSA) is 93.6 Å². The van der Waals surface area contributed by atoms with Crippen molar-refractivity contribution in [1.82, 2.24) is 4.98 Å². The Morgan fingerprint density at radius 3 is 2.02 bits per heavy atom. The van der Waals surface area contributed by atoms with E-state index in [1.165, 1.54) is 4.90 Å². The second-order valence-electron chi connectivity index (χ2n) is 11.9. The van der Waals surface area contributed by atoms with Crippen molar-refractivity contribution in [3.63, 3.8) is 0 Å². The number of imide groups is 1. The van der Waals surface area contributed by atoms with Gasteiger partial charge in [0, 0.05) is 26.2 Å². The molecule has 7 rings (SSSR count). The number of rotatable bonds is 7. The molecule has 4 unspecified atom stereocenters. The van der Waals surface area contributed by atoms with E-state index in [1.807, 2.05) is 42.5 Å². The number of esters is 1. The summed E-state index contributed by atoms with van der Waals surface area (Å²) in [6.45, 7) is -0.441. The Kier molecular flexibility index (Phi) is 9.02. The molecule has 48 heavy (non-hydrogen) atoms. The van der Waals surface area contributed by atoms with Gasteiger partial charge in [0.25, 0.3) is 0 Å². The van der Waals surface area contributed by atoms with Crippen molar-refractivity contribution in [3.05, 3.63) is 119 Å². The molecular formula is C38H27Br2ClN2O5. The van der Waals surface area contributed by atoms with Gasteiger partial charge in [-0.3, -0.25) is 19.3 Å². The summed E-state index contributed by atoms with van der Waals surface area (Å²) in [5, 5.41) is 0.833. The maximum absolute atomic E-state index is 13.5. The molecule has 0 N–H and O–H groups in total. The van der Waals surface area contributed by atoms with Gasteiger partial charge in [-0.2, -0.15) is 0 Å². The molecular weight excluding hydrogens is 760 g/mol. The van der Waals surface area contributed by atoms with E-state index in [1.54, 1.807) is 60.7 Å². The quantitative estimate of drug-likeness (QED) is 0.0710. The highest BCUT2D eigenvalue weighted by molar-refractivity contribution is 9.12. The molecule has 5 aromatic rings. The highest BCUT2D eigenvalue weighted by Gasteiger charge is 2.52. The van der Waals surface area contributed by atoms with E-state index in [4.69, 9.17) is 21.3 Å². The number of carbonyl (C=O) groups is 4. The molecule has 4 atom stereocenters. The molecule has 1 aliphatic carbocycles. The molecule has 2 heterocycles. The zero-order valence-corrected chi connectivity index (χ0v) is 29.2. The van der Waals surface area contributed by atoms with Crippen LogP contribution in [0, 0.1) is 11.8 Å². The zero-order valence-electron chi connectivity index (χ0n) is 25.3. The number of benzene rings is 4. The SMILES string of the molecule is O=C(COC(=O)c1cc(-c2ccc(N3C(=O)C4CC(Br)C(Br)CC4C3=O)cc2)nc2c(Cl)cccc12)c1ccc(-c2ccccc2)cc1. The molecule has 0 spiro atoms. The highest BCUT2D eigenvalue weighted by Crippen LogP contribution is 2.44. The first-order valence-electron chi connectivity index (χ1n) is 15.4. The maximum atomic E-state index is 13.5. The summed E-state index contributed by atoms with van der Waals surface area (Å²) in [5.74, 6) is -2.11. The molecule has 0 radical (unpaired) electrons. The minimum atomic E-state index is -0.692. The lowest BCUT2D eigenvalue weighted by Gasteiger charge is -2.29. The van der Waals surface area contributed by atoms with Crippen molar-refractivity contribution in [2.45, 2.75) is 22.5 Å². The number of pyridine rings is 1. The monoisotopic (exact) mass is 784 g/mol. The number of halogens is 3. The van der Waals surface area contributed by atoms with E-state index >= 15 is 0 Å². The van der Waals surface area contributed by atoms with E-state index < -0.39 is 12.6 Å². The number of para-hydroxylation sites is 1. The number of aromatic nitrogens is 1. The Morgan fingerprint density at radius 2 is 1.38 bits per heavy atom. The van der Waals surface area contributed by atoms with Crippen LogP contribution in [0.2, 0.25) is 5.02 Å². The molecule has 1 saturated carbocycles. The molecule has 240 valence electrons. The van der Waals surface area contributed by atoms with Crippen LogP contribution in [-0.4, -0.2) is 44.8 Å². The summed E-state index contributed by atoms with van der Waals surface area (Å²) in [6, 6.07) is 30.6. The number of carbonyl (C=O) groups excluding carboxylic acids is 4. The Bertz CT molecular complexity index is 2040. The standard InChI is InChI=1S/C38H27Br2ClN2O5/c39-30-17-27-28(18-31(30)40)37(46)43(36(27)45)25-15-13-23(14-16-25)33-19-29(26-7-4-8-32(41)35(26)42-33)38(47)48-20-34(44)24-11-9-22(10-12-24)21-5-2-1-3-6-21/h1-16,19,27-28,30-31H,17-18,20H2. The van der Waals surface area contributed by atoms with E-state index in [9.17, 15) is 19.2 Å². The lowest BCUT2D eigenvalue weighted by atomic mass is 9.81. The fraction of sp³-hybridized carbons (Fsp3) is 0.184. The normalized spacial score (nSPS) is 20.5. The van der Waals surface area contributed by atoms with Crippen LogP contribution in [0.4, 0.5) is 5.69 Å². The fourth-order valence-corrected chi connectivity index (χ4v) is 7.89. The predicted octanol–water partition coefficient (Wildman–Crippen LogP) is 8.69. The average Bonchev–Trinajstić information content (AvgIpc) is 3.35. The summed E-state index contributed by atoms with van der Waals surface area (Å²) in [4.78, 5) is 59.3. The van der Waals surface area contributed by atoms with Gasteiger partial charge in [-0.15, -0.1) is 0 Å². The van der Waals surface area contributed by atoms with E-state index in [2.05, 4.69) is 31.9 Å². The predicted molar refractivity (Wildman–Crippen MR) is 193 cm³/mol. The number of nitrogens with zero attached hydrogens (tertiary/aromatic N) is 2. The third-order valence-corrected chi connectivity index (χ3v) is 12.0. The molecule has 1 aromatic heterocycles. The maximum Gasteiger partial charge on any atom is 0.339 e. The van der Waals surface area contributed by atoms with Crippen molar-refractivity contribution in [2.24, 2.45) is 11.8 Å². The van der Waals surface area contributed by atoms with Crippen molar-refractivity contribution < 1.29 is 23.9 Å². The van der Waals surface area contributed by atoms with Gasteiger partial charge >= 0.3 is 5.97 Å². The van der Waals surface area contributed by atoms with Crippen LogP contribution in [0.25, 0.3) is 33.3 Å². The smallest absolute Gasteiger partial charge is 0.339 e. The number of alkyl halides is 2. The van der Waals surface area contributed by atoms with Crippen molar-refractivity contribution >= 4 is 83.6 Å². The Hall–Kier alpha value is -4.18. The Morgan fingerprint density at radius 1 is 0.771 bits per heavy atom. The number of hydrogen-bond donors (Lipinski definition) is 0. The van der Waals surface area contributed by atoms with Gasteiger partial charge in [0.15, 0.2) is 12.4 Å². The highest BCUT2D eigenvalue weighted by atomic mass is 79.9. The van der Waals surface area contributed by atoms with Gasteiger partial charge in [0.2, 0.25) is 11.8 Å². The number of ketones is 1. The van der Waals surface area contributed by atoms with E-state index in [0.29, 0.717) is 51.3 Å². The van der Waals surface area contributed by atoms with Crippen LogP contribution in [0.1, 0.15) is 33.6 Å². The van der Waals surface area contributed by atoms with E-state index in [-0.39, 0.29) is 44.7 Å². The number of fused-ring (bicyclic) bond motifs is 2. The zero-order chi connectivity index (χ0) is 33.5. The lowest BCUT2D eigenvalue weighted by Crippen LogP contribution is -2.34. The van der Waals surface area contributed by atoms with Crippen LogP contribution in [-0.2, 0) is 14.3 Å². The fourth-order valence-electron chi connectivity index (χ4n) is 6.43. The van der Waals surface area contributed by atoms with Gasteiger partial charge in [-0.25, -0.2) is 9.78 Å². The lowest BCUT2D eigenvalue weighted by molar-refractivity contribution is -0.122. The van der Waals surface area contributed by atoms with Crippen molar-refractivity contribution in [1.29, 1.82) is 0 Å². The summed E-state index contributed by atoms with van der Waals surface area (Å²) in [7, 11) is 0. The molecule has 4 aromatic carbocycles. The number of amides is 2. The summed E-state index contributed by atoms with van der Waals surface area (Å²) >= 11 is 13.8. The Labute approximate surface area is 298 Å². The molecule has 2 fully saturated rings. The number of anilines is 1. The third kappa shape index (κ3) is 6.11. The molecule has 10 heteroatoms. The minimum absolute atomic E-state index is 0.120. The van der Waals surface area contributed by atoms with Gasteiger partial charge in [0.05, 0.1) is 39.3 Å². The molecule has 2 amide bonds. The first-order chi connectivity index (χ1) is 23.2. The minimum Gasteiger partial charge on any atom is -0.454 e. The van der Waals surface area contributed by atoms with E-state index in [0.717, 1.165) is 11.1 Å². The van der Waals surface area contributed by atoms with Crippen LogP contribution in [0.5, 0.6) is 0 Å². The first kappa shape index (κ1) is 32.4. The van der Waals surface area contributed by atoms with Crippen LogP contribution >= 0.6 is 43.5 Å². The molecule has 7 nitrogen and oxygen atoms in total. The molecule has 2 aliphatic rings. The van der Waals surface area contributed by atoms with Crippen LogP contribution < -0.4 is 4.90 Å². The van der Waals surface area contributed by atoms with Crippen LogP contribution in [0.15, 0.2) is 103 Å². The largest absolute Gasteiger partial charge is 0.454 e. The third-order valence-electron chi connectivity index (χ3n) is 8.99. The van der Waals surface area contributed by atoms with Gasteiger partial charge in [-0.05, 0) is 48.2 Å². The molecule has 1 saturated heterocycles. The number of hydrogen-bond acceptors (Lipinski definition) is 6. The van der Waals surface area contributed by atoms with Crippen molar-refractivity contribution in [2.75, 3.05) is 11.5 Å². The summed E-state index contributed by atoms with van der Waals surface area (Å²) in [6.07, 6.45) is 1.18. The van der Waals surface area contributed by atoms with Gasteiger partial charge < -0.3 is 4.74 Å². The van der Waals surface area contributed by atoms with Crippen molar-refractivity contribution in [3.8, 4) is 22.4 Å². The molecule has 1 aliphatic heterocycles. The average molecular weight is 787 g/mol. The van der Waals surface area contributed by atoms with Crippen LogP contribution in [0.3, 0.4) is 0 Å². The Balaban J connectivity index is 1.11. The second kappa shape index (κ2) is 13.4. The second-order valence-corrected chi connectivity index (χ2v) is 14.7. The molecule has 0 bridgehead atoms. The van der Waals surface area contributed by atoms with Gasteiger partial charge in [-0.1, -0.05) is 122 Å². The summed E-state index contributed by atoms with van der Waals surface area (Å²) < 4.78 is 5.52. The number of Topliss-reactive ketones (excluding diaryl/α,β-unsaturated/α-hetero) is 1. The van der Waals surface area contributed by atoms with Gasteiger partial charge in [0.1, 0.15) is 0 Å².